The molecule has 5 rings (SSSR count). The van der Waals surface area contributed by atoms with Crippen LogP contribution < -0.4 is 0 Å². The topological polar surface area (TPSA) is 82.5 Å². The Morgan fingerprint density at radius 1 is 0.938 bits per heavy atom. The predicted molar refractivity (Wildman–Crippen MR) is 123 cm³/mol. The fourth-order valence-corrected chi connectivity index (χ4v) is 4.21. The van der Waals surface area contributed by atoms with Crippen molar-refractivity contribution in [2.45, 2.75) is 24.8 Å². The molecule has 0 saturated heterocycles. The highest BCUT2D eigenvalue weighted by molar-refractivity contribution is 7.98. The van der Waals surface area contributed by atoms with Gasteiger partial charge < -0.3 is 4.52 Å². The predicted octanol–water partition coefficient (Wildman–Crippen LogP) is 5.29. The number of hydrogen-bond acceptors (Lipinski definition) is 7. The van der Waals surface area contributed by atoms with Crippen molar-refractivity contribution in [2.24, 2.45) is 0 Å². The van der Waals surface area contributed by atoms with Gasteiger partial charge in [-0.25, -0.2) is 0 Å². The lowest BCUT2D eigenvalue weighted by Gasteiger charge is -2.10. The molecular formula is C24H20N6OS. The van der Waals surface area contributed by atoms with Gasteiger partial charge >= 0.3 is 0 Å². The zero-order valence-corrected chi connectivity index (χ0v) is 18.5. The minimum atomic E-state index is 0.485. The summed E-state index contributed by atoms with van der Waals surface area (Å²) >= 11 is 1.51. The van der Waals surface area contributed by atoms with Gasteiger partial charge in [-0.1, -0.05) is 53.3 Å². The van der Waals surface area contributed by atoms with E-state index in [1.54, 1.807) is 12.4 Å². The van der Waals surface area contributed by atoms with E-state index in [1.807, 2.05) is 60.0 Å². The highest BCUT2D eigenvalue weighted by Crippen LogP contribution is 2.30. The van der Waals surface area contributed by atoms with E-state index in [9.17, 15) is 0 Å². The molecule has 32 heavy (non-hydrogen) atoms. The van der Waals surface area contributed by atoms with Gasteiger partial charge in [-0.2, -0.15) is 4.98 Å². The van der Waals surface area contributed by atoms with Gasteiger partial charge in [0.15, 0.2) is 11.0 Å². The van der Waals surface area contributed by atoms with Crippen molar-refractivity contribution in [1.29, 1.82) is 0 Å². The maximum atomic E-state index is 5.50. The van der Waals surface area contributed by atoms with Crippen LogP contribution in [0.4, 0.5) is 0 Å². The van der Waals surface area contributed by atoms with Gasteiger partial charge in [0.05, 0.1) is 5.75 Å². The molecule has 0 unspecified atom stereocenters. The number of thioether (sulfide) groups is 1. The van der Waals surface area contributed by atoms with Crippen molar-refractivity contribution in [1.82, 2.24) is 29.9 Å². The Morgan fingerprint density at radius 2 is 1.78 bits per heavy atom. The summed E-state index contributed by atoms with van der Waals surface area (Å²) in [5, 5.41) is 13.8. The van der Waals surface area contributed by atoms with E-state index in [-0.39, 0.29) is 0 Å². The molecule has 0 amide bonds. The third kappa shape index (κ3) is 4.04. The Labute approximate surface area is 189 Å². The molecule has 3 aromatic heterocycles. The summed E-state index contributed by atoms with van der Waals surface area (Å²) in [6, 6.07) is 20.1. The highest BCUT2D eigenvalue weighted by atomic mass is 32.2. The molecule has 8 heteroatoms. The van der Waals surface area contributed by atoms with E-state index in [2.05, 4.69) is 44.4 Å². The Kier molecular flexibility index (Phi) is 5.51. The molecule has 2 aromatic carbocycles. The van der Waals surface area contributed by atoms with Crippen LogP contribution in [0.5, 0.6) is 0 Å². The third-order valence-corrected chi connectivity index (χ3v) is 5.92. The molecule has 0 aliphatic rings. The third-order valence-electron chi connectivity index (χ3n) is 5.01. The molecule has 0 aliphatic heterocycles. The van der Waals surface area contributed by atoms with E-state index < -0.39 is 0 Å². The van der Waals surface area contributed by atoms with Crippen LogP contribution in [-0.4, -0.2) is 29.9 Å². The fourth-order valence-electron chi connectivity index (χ4n) is 3.42. The average Bonchev–Trinajstić information content (AvgIpc) is 3.46. The van der Waals surface area contributed by atoms with Crippen LogP contribution >= 0.6 is 11.8 Å². The first-order valence-electron chi connectivity index (χ1n) is 10.1. The van der Waals surface area contributed by atoms with Crippen molar-refractivity contribution in [3.8, 4) is 28.5 Å². The lowest BCUT2D eigenvalue weighted by molar-refractivity contribution is 0.391. The van der Waals surface area contributed by atoms with Crippen LogP contribution in [0.1, 0.15) is 17.0 Å². The summed E-state index contributed by atoms with van der Waals surface area (Å²) in [6.45, 7) is 4.10. The first kappa shape index (κ1) is 20.1. The van der Waals surface area contributed by atoms with Gasteiger partial charge in [-0.3, -0.25) is 9.55 Å². The normalized spacial score (nSPS) is 11.1. The summed E-state index contributed by atoms with van der Waals surface area (Å²) in [6.07, 6.45) is 3.51. The molecule has 0 atom stereocenters. The van der Waals surface area contributed by atoms with E-state index in [0.717, 1.165) is 38.9 Å². The SMILES string of the molecule is Cc1cccc(-n2c(SCc3nc(-c4ccccc4C)no3)nnc2-c2ccncc2)c1. The largest absolute Gasteiger partial charge is 0.338 e. The Bertz CT molecular complexity index is 1360. The number of aromatic nitrogens is 6. The van der Waals surface area contributed by atoms with Crippen LogP contribution in [-0.2, 0) is 5.75 Å². The first-order chi connectivity index (χ1) is 15.7. The summed E-state index contributed by atoms with van der Waals surface area (Å²) in [4.78, 5) is 8.69. The van der Waals surface area contributed by atoms with Crippen molar-refractivity contribution in [3.63, 3.8) is 0 Å². The number of aryl methyl sites for hydroxylation is 2. The molecule has 3 heterocycles. The zero-order valence-electron chi connectivity index (χ0n) is 17.6. The van der Waals surface area contributed by atoms with E-state index >= 15 is 0 Å². The van der Waals surface area contributed by atoms with Crippen molar-refractivity contribution in [3.05, 3.63) is 90.1 Å². The molecule has 0 fully saturated rings. The number of nitrogens with zero attached hydrogens (tertiary/aromatic N) is 6. The molecule has 0 radical (unpaired) electrons. The fraction of sp³-hybridized carbons (Fsp3) is 0.125. The maximum absolute atomic E-state index is 5.50. The molecule has 0 spiro atoms. The summed E-state index contributed by atoms with van der Waals surface area (Å²) in [7, 11) is 0. The molecule has 5 aromatic rings. The molecular weight excluding hydrogens is 420 g/mol. The van der Waals surface area contributed by atoms with Gasteiger partial charge in [0.2, 0.25) is 11.7 Å². The van der Waals surface area contributed by atoms with Crippen LogP contribution in [0.15, 0.2) is 82.7 Å². The number of benzene rings is 2. The zero-order chi connectivity index (χ0) is 21.9. The highest BCUT2D eigenvalue weighted by Gasteiger charge is 2.18. The molecule has 7 nitrogen and oxygen atoms in total. The van der Waals surface area contributed by atoms with Crippen LogP contribution in [0.2, 0.25) is 0 Å². The van der Waals surface area contributed by atoms with Gasteiger partial charge in [0.1, 0.15) is 0 Å². The molecule has 0 aliphatic carbocycles. The van der Waals surface area contributed by atoms with Gasteiger partial charge in [-0.15, -0.1) is 10.2 Å². The van der Waals surface area contributed by atoms with E-state index in [1.165, 1.54) is 11.8 Å². The van der Waals surface area contributed by atoms with E-state index in [0.29, 0.717) is 17.5 Å². The quantitative estimate of drug-likeness (QED) is 0.332. The van der Waals surface area contributed by atoms with Crippen LogP contribution in [0.25, 0.3) is 28.5 Å². The lowest BCUT2D eigenvalue weighted by atomic mass is 10.1. The van der Waals surface area contributed by atoms with Gasteiger partial charge in [0.25, 0.3) is 0 Å². The maximum Gasteiger partial charge on any atom is 0.237 e. The molecule has 0 saturated carbocycles. The summed E-state index contributed by atoms with van der Waals surface area (Å²) in [5.74, 6) is 2.37. The summed E-state index contributed by atoms with van der Waals surface area (Å²) < 4.78 is 7.55. The van der Waals surface area contributed by atoms with Gasteiger partial charge in [0, 0.05) is 29.2 Å². The Balaban J connectivity index is 1.46. The minimum absolute atomic E-state index is 0.485. The van der Waals surface area contributed by atoms with Crippen molar-refractivity contribution in [2.75, 3.05) is 0 Å². The second-order valence-electron chi connectivity index (χ2n) is 7.33. The Morgan fingerprint density at radius 3 is 2.59 bits per heavy atom. The first-order valence-corrected chi connectivity index (χ1v) is 11.1. The van der Waals surface area contributed by atoms with Crippen LogP contribution in [0.3, 0.4) is 0 Å². The smallest absolute Gasteiger partial charge is 0.237 e. The minimum Gasteiger partial charge on any atom is -0.338 e. The lowest BCUT2D eigenvalue weighted by Crippen LogP contribution is -2.00. The number of pyridine rings is 1. The molecule has 158 valence electrons. The van der Waals surface area contributed by atoms with Crippen molar-refractivity contribution < 1.29 is 4.52 Å². The van der Waals surface area contributed by atoms with Gasteiger partial charge in [-0.05, 0) is 49.2 Å². The monoisotopic (exact) mass is 440 g/mol. The van der Waals surface area contributed by atoms with E-state index in [4.69, 9.17) is 4.52 Å². The standard InChI is InChI=1S/C24H20N6OS/c1-16-6-5-8-19(14-16)30-23(18-10-12-25-13-11-18)27-28-24(30)32-15-21-26-22(29-31-21)20-9-4-3-7-17(20)2/h3-14H,15H2,1-2H3. The Hall–Kier alpha value is -3.78. The average molecular weight is 441 g/mol. The number of hydrogen-bond donors (Lipinski definition) is 0. The second-order valence-corrected chi connectivity index (χ2v) is 8.27. The summed E-state index contributed by atoms with van der Waals surface area (Å²) in [5.41, 5.74) is 5.17. The molecule has 0 bridgehead atoms. The van der Waals surface area contributed by atoms with Crippen molar-refractivity contribution >= 4 is 11.8 Å². The molecule has 0 N–H and O–H groups in total. The second kappa shape index (κ2) is 8.76. The number of rotatable bonds is 6. The van der Waals surface area contributed by atoms with Crippen LogP contribution in [0, 0.1) is 13.8 Å².